The van der Waals surface area contributed by atoms with Gasteiger partial charge in [0.05, 0.1) is 7.11 Å². The summed E-state index contributed by atoms with van der Waals surface area (Å²) in [5, 5.41) is 2.84. The molecule has 0 bridgehead atoms. The van der Waals surface area contributed by atoms with Gasteiger partial charge in [0.1, 0.15) is 10.6 Å². The number of carbonyl (C=O) groups excluding carboxylic acids is 1. The summed E-state index contributed by atoms with van der Waals surface area (Å²) >= 11 is 0. The Labute approximate surface area is 172 Å². The number of piperidine rings is 1. The van der Waals surface area contributed by atoms with Gasteiger partial charge in [-0.2, -0.15) is 4.31 Å². The summed E-state index contributed by atoms with van der Waals surface area (Å²) in [4.78, 5) is 12.8. The summed E-state index contributed by atoms with van der Waals surface area (Å²) in [6.07, 6.45) is 2.68. The molecule has 1 N–H and O–H groups in total. The average molecular weight is 417 g/mol. The van der Waals surface area contributed by atoms with Crippen molar-refractivity contribution in [3.8, 4) is 5.75 Å². The van der Waals surface area contributed by atoms with E-state index in [2.05, 4.69) is 5.32 Å². The molecule has 7 heteroatoms. The molecule has 0 aliphatic carbocycles. The first-order chi connectivity index (χ1) is 13.7. The lowest BCUT2D eigenvalue weighted by Crippen LogP contribution is -2.42. The second-order valence-corrected chi connectivity index (χ2v) is 9.44. The molecule has 1 aliphatic heterocycles. The first-order valence-electron chi connectivity index (χ1n) is 9.82. The van der Waals surface area contributed by atoms with E-state index >= 15 is 0 Å². The van der Waals surface area contributed by atoms with Crippen molar-refractivity contribution in [2.75, 3.05) is 19.0 Å². The lowest BCUT2D eigenvalue weighted by atomic mass is 10.1. The maximum atomic E-state index is 13.3. The highest BCUT2D eigenvalue weighted by Crippen LogP contribution is 2.32. The van der Waals surface area contributed by atoms with Gasteiger partial charge >= 0.3 is 0 Å². The molecular formula is C22H28N2O4S. The molecule has 1 saturated heterocycles. The number of methoxy groups -OCH3 is 1. The number of hydrogen-bond acceptors (Lipinski definition) is 4. The molecule has 1 amide bonds. The maximum Gasteiger partial charge on any atom is 0.255 e. The van der Waals surface area contributed by atoms with Gasteiger partial charge < -0.3 is 10.1 Å². The smallest absolute Gasteiger partial charge is 0.255 e. The van der Waals surface area contributed by atoms with Crippen molar-refractivity contribution in [3.05, 3.63) is 53.1 Å². The molecule has 0 saturated carbocycles. The van der Waals surface area contributed by atoms with Crippen molar-refractivity contribution < 1.29 is 17.9 Å². The summed E-state index contributed by atoms with van der Waals surface area (Å²) < 4.78 is 33.4. The Hall–Kier alpha value is -2.38. The van der Waals surface area contributed by atoms with Crippen molar-refractivity contribution in [2.24, 2.45) is 0 Å². The van der Waals surface area contributed by atoms with Crippen molar-refractivity contribution in [3.63, 3.8) is 0 Å². The lowest BCUT2D eigenvalue weighted by molar-refractivity contribution is 0.102. The van der Waals surface area contributed by atoms with E-state index < -0.39 is 10.0 Å². The van der Waals surface area contributed by atoms with E-state index in [4.69, 9.17) is 4.74 Å². The highest BCUT2D eigenvalue weighted by Gasteiger charge is 2.33. The fourth-order valence-electron chi connectivity index (χ4n) is 3.60. The third kappa shape index (κ3) is 4.46. The van der Waals surface area contributed by atoms with Gasteiger partial charge in [0, 0.05) is 23.8 Å². The van der Waals surface area contributed by atoms with E-state index in [1.807, 2.05) is 39.0 Å². The first-order valence-corrected chi connectivity index (χ1v) is 11.3. The van der Waals surface area contributed by atoms with Crippen LogP contribution in [0.5, 0.6) is 5.75 Å². The second kappa shape index (κ2) is 8.55. The number of carbonyl (C=O) groups is 1. The van der Waals surface area contributed by atoms with Gasteiger partial charge in [0.25, 0.3) is 5.91 Å². The number of benzene rings is 2. The molecule has 1 atom stereocenters. The van der Waals surface area contributed by atoms with Crippen LogP contribution in [0, 0.1) is 13.8 Å². The van der Waals surface area contributed by atoms with Crippen LogP contribution in [0.1, 0.15) is 47.7 Å². The van der Waals surface area contributed by atoms with Crippen molar-refractivity contribution in [2.45, 2.75) is 51.0 Å². The molecule has 2 aromatic rings. The predicted octanol–water partition coefficient (Wildman–Crippen LogP) is 4.13. The first kappa shape index (κ1) is 21.3. The van der Waals surface area contributed by atoms with Gasteiger partial charge in [0.15, 0.2) is 0 Å². The van der Waals surface area contributed by atoms with Gasteiger partial charge in [-0.05, 0) is 75.1 Å². The largest absolute Gasteiger partial charge is 0.495 e. The lowest BCUT2D eigenvalue weighted by Gasteiger charge is -2.32. The number of aryl methyl sites for hydroxylation is 2. The summed E-state index contributed by atoms with van der Waals surface area (Å²) in [5.74, 6) is -0.121. The van der Waals surface area contributed by atoms with Crippen molar-refractivity contribution in [1.82, 2.24) is 4.31 Å². The molecule has 156 valence electrons. The van der Waals surface area contributed by atoms with Gasteiger partial charge in [-0.15, -0.1) is 0 Å². The van der Waals surface area contributed by atoms with Crippen LogP contribution in [0.2, 0.25) is 0 Å². The number of nitrogens with zero attached hydrogens (tertiary/aromatic N) is 1. The topological polar surface area (TPSA) is 75.7 Å². The molecule has 2 aromatic carbocycles. The zero-order valence-corrected chi connectivity index (χ0v) is 18.2. The molecule has 0 radical (unpaired) electrons. The van der Waals surface area contributed by atoms with Gasteiger partial charge in [0.2, 0.25) is 10.0 Å². The van der Waals surface area contributed by atoms with E-state index in [-0.39, 0.29) is 28.2 Å². The summed E-state index contributed by atoms with van der Waals surface area (Å²) in [6, 6.07) is 10.1. The Bertz CT molecular complexity index is 1020. The number of anilines is 1. The van der Waals surface area contributed by atoms with Crippen LogP contribution in [0.25, 0.3) is 0 Å². The van der Waals surface area contributed by atoms with Crippen LogP contribution < -0.4 is 10.1 Å². The number of hydrogen-bond donors (Lipinski definition) is 1. The Balaban J connectivity index is 1.94. The minimum absolute atomic E-state index is 0.0292. The zero-order chi connectivity index (χ0) is 21.2. The number of amides is 1. The van der Waals surface area contributed by atoms with Crippen LogP contribution >= 0.6 is 0 Å². The van der Waals surface area contributed by atoms with Crippen molar-refractivity contribution in [1.29, 1.82) is 0 Å². The Morgan fingerprint density at radius 3 is 2.52 bits per heavy atom. The molecule has 0 spiro atoms. The zero-order valence-electron chi connectivity index (χ0n) is 17.4. The Kier molecular flexibility index (Phi) is 6.29. The van der Waals surface area contributed by atoms with Gasteiger partial charge in [-0.3, -0.25) is 4.79 Å². The second-order valence-electron chi connectivity index (χ2n) is 7.58. The highest BCUT2D eigenvalue weighted by atomic mass is 32.2. The average Bonchev–Trinajstić information content (AvgIpc) is 2.70. The van der Waals surface area contributed by atoms with E-state index in [0.29, 0.717) is 12.2 Å². The Morgan fingerprint density at radius 1 is 1.10 bits per heavy atom. The van der Waals surface area contributed by atoms with Crippen LogP contribution in [0.3, 0.4) is 0 Å². The minimum Gasteiger partial charge on any atom is -0.495 e. The minimum atomic E-state index is -3.77. The molecule has 1 fully saturated rings. The Morgan fingerprint density at radius 2 is 1.86 bits per heavy atom. The van der Waals surface area contributed by atoms with E-state index in [1.165, 1.54) is 23.5 Å². The summed E-state index contributed by atoms with van der Waals surface area (Å²) in [6.45, 7) is 6.37. The van der Waals surface area contributed by atoms with Gasteiger partial charge in [-0.1, -0.05) is 12.5 Å². The fourth-order valence-corrected chi connectivity index (χ4v) is 5.48. The molecule has 0 aromatic heterocycles. The van der Waals surface area contributed by atoms with E-state index in [9.17, 15) is 13.2 Å². The van der Waals surface area contributed by atoms with E-state index in [1.54, 1.807) is 6.07 Å². The van der Waals surface area contributed by atoms with Crippen molar-refractivity contribution >= 4 is 21.6 Å². The number of rotatable bonds is 5. The van der Waals surface area contributed by atoms with Crippen LogP contribution in [0.4, 0.5) is 5.69 Å². The SMILES string of the molecule is COc1ccc(C(=O)Nc2ccc(C)c(C)c2)cc1S(=O)(=O)N1CCCC[C@@H]1C. The molecule has 6 nitrogen and oxygen atoms in total. The molecule has 3 rings (SSSR count). The third-order valence-corrected chi connectivity index (χ3v) is 7.55. The summed E-state index contributed by atoms with van der Waals surface area (Å²) in [5.41, 5.74) is 3.15. The normalized spacial score (nSPS) is 17.7. The standard InChI is InChI=1S/C22H28N2O4S/c1-15-8-10-19(13-16(15)2)23-22(25)18-9-11-20(28-4)21(14-18)29(26,27)24-12-6-5-7-17(24)3/h8-11,13-14,17H,5-7,12H2,1-4H3,(H,23,25)/t17-/m0/s1. The van der Waals surface area contributed by atoms with E-state index in [0.717, 1.165) is 30.4 Å². The monoisotopic (exact) mass is 416 g/mol. The molecule has 29 heavy (non-hydrogen) atoms. The fraction of sp³-hybridized carbons (Fsp3) is 0.409. The third-order valence-electron chi connectivity index (χ3n) is 5.52. The van der Waals surface area contributed by atoms with Crippen LogP contribution in [-0.4, -0.2) is 38.3 Å². The highest BCUT2D eigenvalue weighted by molar-refractivity contribution is 7.89. The van der Waals surface area contributed by atoms with Crippen LogP contribution in [0.15, 0.2) is 41.3 Å². The molecular weight excluding hydrogens is 388 g/mol. The number of nitrogens with one attached hydrogen (secondary N) is 1. The quantitative estimate of drug-likeness (QED) is 0.795. The van der Waals surface area contributed by atoms with Crippen LogP contribution in [-0.2, 0) is 10.0 Å². The molecule has 0 unspecified atom stereocenters. The maximum absolute atomic E-state index is 13.3. The summed E-state index contributed by atoms with van der Waals surface area (Å²) in [7, 11) is -2.33. The molecule has 1 aliphatic rings. The van der Waals surface area contributed by atoms with Gasteiger partial charge in [-0.25, -0.2) is 8.42 Å². The number of ether oxygens (including phenoxy) is 1. The molecule has 1 heterocycles. The predicted molar refractivity (Wildman–Crippen MR) is 114 cm³/mol. The number of sulfonamides is 1.